The fraction of sp³-hybridized carbons (Fsp3) is 0.273. The first-order chi connectivity index (χ1) is 13.6. The van der Waals surface area contributed by atoms with E-state index in [-0.39, 0.29) is 12.3 Å². The molecule has 6 heteroatoms. The van der Waals surface area contributed by atoms with Crippen LogP contribution >= 0.6 is 11.3 Å². The Hall–Kier alpha value is -2.86. The van der Waals surface area contributed by atoms with Gasteiger partial charge < -0.3 is 14.8 Å². The van der Waals surface area contributed by atoms with Crippen LogP contribution in [0.2, 0.25) is 0 Å². The Kier molecular flexibility index (Phi) is 6.66. The molecule has 0 saturated carbocycles. The number of rotatable bonds is 8. The highest BCUT2D eigenvalue weighted by atomic mass is 32.1. The Morgan fingerprint density at radius 3 is 2.46 bits per heavy atom. The maximum absolute atomic E-state index is 12.5. The molecule has 28 heavy (non-hydrogen) atoms. The second-order valence-corrected chi connectivity index (χ2v) is 7.26. The molecular weight excluding hydrogens is 372 g/mol. The first-order valence-corrected chi connectivity index (χ1v) is 10.2. The number of ether oxygens (including phenoxy) is 2. The number of thiazole rings is 1. The lowest BCUT2D eigenvalue weighted by Crippen LogP contribution is -2.15. The van der Waals surface area contributed by atoms with Crippen molar-refractivity contribution >= 4 is 22.9 Å². The van der Waals surface area contributed by atoms with Crippen molar-refractivity contribution in [2.45, 2.75) is 27.2 Å². The zero-order valence-electron chi connectivity index (χ0n) is 16.3. The van der Waals surface area contributed by atoms with Crippen LogP contribution in [0.15, 0.2) is 47.8 Å². The molecular formula is C22H24N2O3S. The van der Waals surface area contributed by atoms with Gasteiger partial charge in [0.05, 0.1) is 36.0 Å². The molecule has 0 aliphatic rings. The number of benzene rings is 2. The normalized spacial score (nSPS) is 10.5. The number of nitrogens with zero attached hydrogens (tertiary/aromatic N) is 1. The molecule has 5 nitrogen and oxygen atoms in total. The fourth-order valence-electron chi connectivity index (χ4n) is 2.81. The zero-order valence-corrected chi connectivity index (χ0v) is 17.1. The quantitative estimate of drug-likeness (QED) is 0.576. The van der Waals surface area contributed by atoms with Crippen LogP contribution in [0.4, 0.5) is 5.69 Å². The van der Waals surface area contributed by atoms with Crippen molar-refractivity contribution in [3.05, 3.63) is 58.4 Å². The second kappa shape index (κ2) is 9.37. The molecule has 1 N–H and O–H groups in total. The summed E-state index contributed by atoms with van der Waals surface area (Å²) in [7, 11) is 0. The lowest BCUT2D eigenvalue weighted by Gasteiger charge is -2.13. The molecule has 0 unspecified atom stereocenters. The molecule has 0 aliphatic carbocycles. The molecule has 0 bridgehead atoms. The van der Waals surface area contributed by atoms with Gasteiger partial charge >= 0.3 is 0 Å². The minimum atomic E-state index is -0.105. The molecule has 0 fully saturated rings. The highest BCUT2D eigenvalue weighted by Crippen LogP contribution is 2.30. The van der Waals surface area contributed by atoms with E-state index in [9.17, 15) is 4.79 Å². The maximum Gasteiger partial charge on any atom is 0.228 e. The highest BCUT2D eigenvalue weighted by molar-refractivity contribution is 7.09. The van der Waals surface area contributed by atoms with Gasteiger partial charge in [-0.25, -0.2) is 4.98 Å². The monoisotopic (exact) mass is 396 g/mol. The zero-order chi connectivity index (χ0) is 19.9. The Bertz CT molecular complexity index is 935. The molecule has 0 atom stereocenters. The summed E-state index contributed by atoms with van der Waals surface area (Å²) in [6.07, 6.45) is 0.279. The van der Waals surface area contributed by atoms with Crippen LogP contribution < -0.4 is 14.8 Å². The first-order valence-electron chi connectivity index (χ1n) is 9.30. The number of carbonyl (C=O) groups excluding carboxylic acids is 1. The molecule has 1 heterocycles. The van der Waals surface area contributed by atoms with Crippen molar-refractivity contribution in [3.63, 3.8) is 0 Å². The second-order valence-electron chi connectivity index (χ2n) is 6.20. The highest BCUT2D eigenvalue weighted by Gasteiger charge is 2.11. The molecule has 0 saturated heterocycles. The van der Waals surface area contributed by atoms with Gasteiger partial charge in [-0.1, -0.05) is 24.3 Å². The van der Waals surface area contributed by atoms with Crippen LogP contribution in [0.3, 0.4) is 0 Å². The van der Waals surface area contributed by atoms with Crippen molar-refractivity contribution in [2.75, 3.05) is 18.5 Å². The lowest BCUT2D eigenvalue weighted by atomic mass is 10.1. The molecule has 2 aromatic carbocycles. The third-order valence-electron chi connectivity index (χ3n) is 4.07. The van der Waals surface area contributed by atoms with Crippen LogP contribution in [-0.4, -0.2) is 24.1 Å². The lowest BCUT2D eigenvalue weighted by molar-refractivity contribution is -0.115. The molecule has 146 valence electrons. The molecule has 0 aliphatic heterocycles. The molecule has 0 spiro atoms. The van der Waals surface area contributed by atoms with E-state index in [1.54, 1.807) is 17.4 Å². The number of hydrogen-bond acceptors (Lipinski definition) is 5. The van der Waals surface area contributed by atoms with Crippen LogP contribution in [-0.2, 0) is 11.2 Å². The summed E-state index contributed by atoms with van der Waals surface area (Å²) >= 11 is 1.63. The van der Waals surface area contributed by atoms with Crippen LogP contribution in [0, 0.1) is 6.92 Å². The third-order valence-corrected chi connectivity index (χ3v) is 4.84. The van der Waals surface area contributed by atoms with Gasteiger partial charge in [-0.3, -0.25) is 4.79 Å². The van der Waals surface area contributed by atoms with Crippen molar-refractivity contribution in [1.82, 2.24) is 4.98 Å². The van der Waals surface area contributed by atoms with E-state index in [1.165, 1.54) is 0 Å². The van der Waals surface area contributed by atoms with Crippen molar-refractivity contribution < 1.29 is 14.3 Å². The minimum Gasteiger partial charge on any atom is -0.494 e. The summed E-state index contributed by atoms with van der Waals surface area (Å²) < 4.78 is 11.1. The molecule has 3 rings (SSSR count). The predicted molar refractivity (Wildman–Crippen MR) is 113 cm³/mol. The summed E-state index contributed by atoms with van der Waals surface area (Å²) in [6.45, 7) is 6.91. The molecule has 1 aromatic heterocycles. The van der Waals surface area contributed by atoms with Gasteiger partial charge in [0.1, 0.15) is 11.5 Å². The third kappa shape index (κ3) is 5.10. The van der Waals surface area contributed by atoms with E-state index in [0.717, 1.165) is 21.8 Å². The van der Waals surface area contributed by atoms with E-state index >= 15 is 0 Å². The number of aryl methyl sites for hydroxylation is 1. The smallest absolute Gasteiger partial charge is 0.228 e. The number of nitrogens with one attached hydrogen (secondary N) is 1. The van der Waals surface area contributed by atoms with Gasteiger partial charge in [-0.2, -0.15) is 0 Å². The number of anilines is 1. The summed E-state index contributed by atoms with van der Waals surface area (Å²) in [4.78, 5) is 17.0. The van der Waals surface area contributed by atoms with E-state index in [1.807, 2.05) is 62.5 Å². The van der Waals surface area contributed by atoms with E-state index in [2.05, 4.69) is 10.3 Å². The van der Waals surface area contributed by atoms with Gasteiger partial charge in [0, 0.05) is 17.0 Å². The largest absolute Gasteiger partial charge is 0.494 e. The number of hydrogen-bond donors (Lipinski definition) is 1. The first kappa shape index (κ1) is 19.9. The van der Waals surface area contributed by atoms with Gasteiger partial charge in [-0.15, -0.1) is 11.3 Å². The Balaban J connectivity index is 1.68. The van der Waals surface area contributed by atoms with E-state index < -0.39 is 0 Å². The van der Waals surface area contributed by atoms with Gasteiger partial charge in [0.15, 0.2) is 0 Å². The number of carbonyl (C=O) groups is 1. The minimum absolute atomic E-state index is 0.105. The van der Waals surface area contributed by atoms with Gasteiger partial charge in [-0.05, 0) is 38.5 Å². The fourth-order valence-corrected chi connectivity index (χ4v) is 3.44. The number of aromatic nitrogens is 1. The van der Waals surface area contributed by atoms with Crippen LogP contribution in [0.25, 0.3) is 11.3 Å². The van der Waals surface area contributed by atoms with Gasteiger partial charge in [0.25, 0.3) is 0 Å². The summed E-state index contributed by atoms with van der Waals surface area (Å²) in [6, 6.07) is 13.4. The average Bonchev–Trinajstić information content (AvgIpc) is 3.11. The SMILES string of the molecule is CCOc1ccc(OCC)c(NC(=O)Cc2ccc(-c3csc(C)n3)cc2)c1. The predicted octanol–water partition coefficient (Wildman–Crippen LogP) is 5.10. The topological polar surface area (TPSA) is 60.5 Å². The molecule has 1 amide bonds. The van der Waals surface area contributed by atoms with E-state index in [4.69, 9.17) is 9.47 Å². The molecule has 0 radical (unpaired) electrons. The Labute approximate surface area is 169 Å². The number of amides is 1. The molecule has 3 aromatic rings. The summed E-state index contributed by atoms with van der Waals surface area (Å²) in [5.41, 5.74) is 3.57. The Morgan fingerprint density at radius 1 is 1.07 bits per heavy atom. The Morgan fingerprint density at radius 2 is 1.82 bits per heavy atom. The summed E-state index contributed by atoms with van der Waals surface area (Å²) in [5.74, 6) is 1.23. The van der Waals surface area contributed by atoms with Crippen LogP contribution in [0.5, 0.6) is 11.5 Å². The standard InChI is InChI=1S/C22H24N2O3S/c1-4-26-18-10-11-21(27-5-2)19(13-18)24-22(25)12-16-6-8-17(9-7-16)20-14-28-15(3)23-20/h6-11,13-14H,4-5,12H2,1-3H3,(H,24,25). The summed E-state index contributed by atoms with van der Waals surface area (Å²) in [5, 5.41) is 6.02. The van der Waals surface area contributed by atoms with Crippen molar-refractivity contribution in [1.29, 1.82) is 0 Å². The van der Waals surface area contributed by atoms with Crippen LogP contribution in [0.1, 0.15) is 24.4 Å². The van der Waals surface area contributed by atoms with Crippen molar-refractivity contribution in [2.24, 2.45) is 0 Å². The maximum atomic E-state index is 12.5. The average molecular weight is 397 g/mol. The van der Waals surface area contributed by atoms with E-state index in [0.29, 0.717) is 30.4 Å². The van der Waals surface area contributed by atoms with Crippen molar-refractivity contribution in [3.8, 4) is 22.8 Å². The van der Waals surface area contributed by atoms with Gasteiger partial charge in [0.2, 0.25) is 5.91 Å².